The molecule has 0 bridgehead atoms. The van der Waals surface area contributed by atoms with Crippen molar-refractivity contribution in [1.29, 1.82) is 0 Å². The number of carbonyl (C=O) groups is 1. The van der Waals surface area contributed by atoms with E-state index in [2.05, 4.69) is 6.92 Å². The zero-order valence-electron chi connectivity index (χ0n) is 15.3. The summed E-state index contributed by atoms with van der Waals surface area (Å²) in [5.41, 5.74) is 3.03. The van der Waals surface area contributed by atoms with Gasteiger partial charge in [-0.1, -0.05) is 49.2 Å². The van der Waals surface area contributed by atoms with E-state index in [0.717, 1.165) is 46.8 Å². The standard InChI is InChI=1S/C21H24ClN3O/c1-3-4-13-24(2)21(26)15-25-19-8-6-5-7-18(19)23-20(25)14-16-9-11-17(22)12-10-16/h5-12H,3-4,13-15H2,1-2H3. The minimum Gasteiger partial charge on any atom is -0.344 e. The minimum atomic E-state index is 0.110. The largest absolute Gasteiger partial charge is 0.344 e. The van der Waals surface area contributed by atoms with E-state index in [1.165, 1.54) is 0 Å². The molecule has 0 aliphatic heterocycles. The fraction of sp³-hybridized carbons (Fsp3) is 0.333. The number of aromatic nitrogens is 2. The Hall–Kier alpha value is -2.33. The van der Waals surface area contributed by atoms with Crippen molar-refractivity contribution in [3.8, 4) is 0 Å². The molecule has 0 aliphatic rings. The van der Waals surface area contributed by atoms with Gasteiger partial charge in [0.2, 0.25) is 5.91 Å². The first-order chi connectivity index (χ1) is 12.6. The molecular weight excluding hydrogens is 346 g/mol. The Labute approximate surface area is 159 Å². The van der Waals surface area contributed by atoms with E-state index in [0.29, 0.717) is 13.0 Å². The van der Waals surface area contributed by atoms with Crippen molar-refractivity contribution in [2.75, 3.05) is 13.6 Å². The highest BCUT2D eigenvalue weighted by atomic mass is 35.5. The van der Waals surface area contributed by atoms with Crippen molar-refractivity contribution in [2.45, 2.75) is 32.7 Å². The zero-order chi connectivity index (χ0) is 18.5. The second-order valence-electron chi connectivity index (χ2n) is 6.57. The molecule has 1 heterocycles. The highest BCUT2D eigenvalue weighted by Gasteiger charge is 2.16. The number of halogens is 1. The third-order valence-corrected chi connectivity index (χ3v) is 4.83. The van der Waals surface area contributed by atoms with Crippen molar-refractivity contribution in [2.24, 2.45) is 0 Å². The van der Waals surface area contributed by atoms with Crippen LogP contribution in [0.3, 0.4) is 0 Å². The molecule has 0 aliphatic carbocycles. The topological polar surface area (TPSA) is 38.1 Å². The van der Waals surface area contributed by atoms with Gasteiger partial charge in [0.1, 0.15) is 12.4 Å². The molecule has 1 aromatic heterocycles. The van der Waals surface area contributed by atoms with Crippen molar-refractivity contribution in [3.63, 3.8) is 0 Å². The third-order valence-electron chi connectivity index (χ3n) is 4.58. The van der Waals surface area contributed by atoms with Crippen LogP contribution < -0.4 is 0 Å². The number of rotatable bonds is 7. The number of nitrogens with zero attached hydrogens (tertiary/aromatic N) is 3. The van der Waals surface area contributed by atoms with E-state index in [9.17, 15) is 4.79 Å². The lowest BCUT2D eigenvalue weighted by Gasteiger charge is -2.18. The number of carbonyl (C=O) groups excluding carboxylic acids is 1. The minimum absolute atomic E-state index is 0.110. The molecule has 0 N–H and O–H groups in total. The molecule has 136 valence electrons. The van der Waals surface area contributed by atoms with Crippen LogP contribution in [0.2, 0.25) is 5.02 Å². The fourth-order valence-electron chi connectivity index (χ4n) is 3.00. The quantitative estimate of drug-likeness (QED) is 0.613. The molecule has 0 radical (unpaired) electrons. The van der Waals surface area contributed by atoms with E-state index in [-0.39, 0.29) is 5.91 Å². The molecule has 0 saturated heterocycles. The Morgan fingerprint density at radius 1 is 1.15 bits per heavy atom. The van der Waals surface area contributed by atoms with Gasteiger partial charge >= 0.3 is 0 Å². The van der Waals surface area contributed by atoms with Gasteiger partial charge in [0.05, 0.1) is 11.0 Å². The fourth-order valence-corrected chi connectivity index (χ4v) is 3.12. The second kappa shape index (κ2) is 8.37. The van der Waals surface area contributed by atoms with Gasteiger partial charge in [0.15, 0.2) is 0 Å². The highest BCUT2D eigenvalue weighted by molar-refractivity contribution is 6.30. The van der Waals surface area contributed by atoms with Crippen LogP contribution in [0.15, 0.2) is 48.5 Å². The van der Waals surface area contributed by atoms with E-state index >= 15 is 0 Å². The number of para-hydroxylation sites is 2. The van der Waals surface area contributed by atoms with Gasteiger partial charge in [-0.2, -0.15) is 0 Å². The van der Waals surface area contributed by atoms with Crippen LogP contribution in [0.25, 0.3) is 11.0 Å². The summed E-state index contributed by atoms with van der Waals surface area (Å²) >= 11 is 5.98. The predicted octanol–water partition coefficient (Wildman–Crippen LogP) is 4.54. The first-order valence-electron chi connectivity index (χ1n) is 9.01. The molecule has 0 atom stereocenters. The number of fused-ring (bicyclic) bond motifs is 1. The number of benzene rings is 2. The van der Waals surface area contributed by atoms with E-state index in [4.69, 9.17) is 16.6 Å². The van der Waals surface area contributed by atoms with Gasteiger partial charge < -0.3 is 9.47 Å². The number of unbranched alkanes of at least 4 members (excludes halogenated alkanes) is 1. The maximum Gasteiger partial charge on any atom is 0.242 e. The van der Waals surface area contributed by atoms with Crippen LogP contribution in [0.5, 0.6) is 0 Å². The van der Waals surface area contributed by atoms with Crippen molar-refractivity contribution < 1.29 is 4.79 Å². The maximum atomic E-state index is 12.7. The van der Waals surface area contributed by atoms with Crippen LogP contribution >= 0.6 is 11.6 Å². The number of amides is 1. The molecule has 4 nitrogen and oxygen atoms in total. The molecule has 5 heteroatoms. The van der Waals surface area contributed by atoms with E-state index in [1.807, 2.05) is 65.0 Å². The number of hydrogen-bond donors (Lipinski definition) is 0. The van der Waals surface area contributed by atoms with Crippen LogP contribution in [-0.2, 0) is 17.8 Å². The molecule has 3 aromatic rings. The summed E-state index contributed by atoms with van der Waals surface area (Å²) in [5, 5.41) is 0.718. The SMILES string of the molecule is CCCCN(C)C(=O)Cn1c(Cc2ccc(Cl)cc2)nc2ccccc21. The summed E-state index contributed by atoms with van der Waals surface area (Å²) in [6.45, 7) is 3.23. The molecule has 0 saturated carbocycles. The Balaban J connectivity index is 1.89. The van der Waals surface area contributed by atoms with Gasteiger partial charge in [-0.15, -0.1) is 0 Å². The Bertz CT molecular complexity index is 886. The van der Waals surface area contributed by atoms with Gasteiger partial charge in [-0.05, 0) is 36.2 Å². The lowest BCUT2D eigenvalue weighted by Crippen LogP contribution is -2.31. The van der Waals surface area contributed by atoms with E-state index < -0.39 is 0 Å². The van der Waals surface area contributed by atoms with Crippen LogP contribution in [0, 0.1) is 0 Å². The molecule has 0 unspecified atom stereocenters. The lowest BCUT2D eigenvalue weighted by atomic mass is 10.1. The lowest BCUT2D eigenvalue weighted by molar-refractivity contribution is -0.130. The number of hydrogen-bond acceptors (Lipinski definition) is 2. The highest BCUT2D eigenvalue weighted by Crippen LogP contribution is 2.20. The summed E-state index contributed by atoms with van der Waals surface area (Å²) in [6, 6.07) is 15.7. The Kier molecular flexibility index (Phi) is 5.94. The average molecular weight is 370 g/mol. The summed E-state index contributed by atoms with van der Waals surface area (Å²) in [6.07, 6.45) is 2.76. The van der Waals surface area contributed by atoms with Gasteiger partial charge in [0.25, 0.3) is 0 Å². The number of imidazole rings is 1. The number of likely N-dealkylation sites (N-methyl/N-ethyl adjacent to an activating group) is 1. The second-order valence-corrected chi connectivity index (χ2v) is 7.01. The first kappa shape index (κ1) is 18.5. The van der Waals surface area contributed by atoms with Gasteiger partial charge in [0, 0.05) is 25.0 Å². The van der Waals surface area contributed by atoms with Crippen LogP contribution in [0.4, 0.5) is 0 Å². The molecule has 3 rings (SSSR count). The Morgan fingerprint density at radius 3 is 2.62 bits per heavy atom. The van der Waals surface area contributed by atoms with Crippen molar-refractivity contribution >= 4 is 28.5 Å². The predicted molar refractivity (Wildman–Crippen MR) is 107 cm³/mol. The maximum absolute atomic E-state index is 12.7. The molecule has 1 amide bonds. The monoisotopic (exact) mass is 369 g/mol. The normalized spacial score (nSPS) is 11.0. The molecule has 2 aromatic carbocycles. The molecule has 26 heavy (non-hydrogen) atoms. The van der Waals surface area contributed by atoms with Crippen LogP contribution in [0.1, 0.15) is 31.2 Å². The smallest absolute Gasteiger partial charge is 0.242 e. The summed E-state index contributed by atoms with van der Waals surface area (Å²) in [7, 11) is 1.87. The summed E-state index contributed by atoms with van der Waals surface area (Å²) in [4.78, 5) is 19.2. The van der Waals surface area contributed by atoms with Gasteiger partial charge in [-0.25, -0.2) is 4.98 Å². The molecular formula is C21H24ClN3O. The first-order valence-corrected chi connectivity index (χ1v) is 9.39. The van der Waals surface area contributed by atoms with Gasteiger partial charge in [-0.3, -0.25) is 4.79 Å². The average Bonchev–Trinajstić information content (AvgIpc) is 2.98. The van der Waals surface area contributed by atoms with Crippen molar-refractivity contribution in [3.05, 3.63) is 64.9 Å². The van der Waals surface area contributed by atoms with Crippen LogP contribution in [-0.4, -0.2) is 34.0 Å². The van der Waals surface area contributed by atoms with E-state index in [1.54, 1.807) is 0 Å². The van der Waals surface area contributed by atoms with Crippen molar-refractivity contribution in [1.82, 2.24) is 14.5 Å². The summed E-state index contributed by atoms with van der Waals surface area (Å²) in [5.74, 6) is 1.00. The Morgan fingerprint density at radius 2 is 1.88 bits per heavy atom. The molecule has 0 fully saturated rings. The molecule has 0 spiro atoms. The summed E-state index contributed by atoms with van der Waals surface area (Å²) < 4.78 is 2.04. The zero-order valence-corrected chi connectivity index (χ0v) is 16.0. The third kappa shape index (κ3) is 4.25.